The maximum Gasteiger partial charge on any atom is 0.314 e. The van der Waals surface area contributed by atoms with Crippen molar-refractivity contribution in [3.05, 3.63) is 27.8 Å². The number of nitro benzene ring substituents is 1. The summed E-state index contributed by atoms with van der Waals surface area (Å²) in [6.45, 7) is 0. The Bertz CT molecular complexity index is 454. The van der Waals surface area contributed by atoms with E-state index in [-0.39, 0.29) is 11.3 Å². The molecule has 0 bridgehead atoms. The molecule has 0 fully saturated rings. The normalized spacial score (nSPS) is 12.5. The number of halogens is 2. The molecular weight excluding hydrogens is 250 g/mol. The summed E-state index contributed by atoms with van der Waals surface area (Å²) < 4.78 is 29.1. The van der Waals surface area contributed by atoms with Crippen LogP contribution in [0.15, 0.2) is 12.1 Å². The van der Waals surface area contributed by atoms with Gasteiger partial charge < -0.3 is 15.6 Å². The van der Waals surface area contributed by atoms with Gasteiger partial charge in [0.1, 0.15) is 0 Å². The zero-order chi connectivity index (χ0) is 13.9. The summed E-state index contributed by atoms with van der Waals surface area (Å²) in [4.78, 5) is 9.85. The Kier molecular flexibility index (Phi) is 4.38. The number of phenolic OH excluding ortho intramolecular Hbond substituents is 1. The van der Waals surface area contributed by atoms with Crippen LogP contribution < -0.4 is 10.5 Å². The Labute approximate surface area is 101 Å². The molecule has 0 radical (unpaired) electrons. The Balaban J connectivity index is 3.21. The average molecular weight is 262 g/mol. The van der Waals surface area contributed by atoms with Crippen molar-refractivity contribution in [3.63, 3.8) is 0 Å². The minimum atomic E-state index is -2.63. The summed E-state index contributed by atoms with van der Waals surface area (Å²) in [5.41, 5.74) is 4.98. The van der Waals surface area contributed by atoms with Crippen molar-refractivity contribution in [1.29, 1.82) is 0 Å². The van der Waals surface area contributed by atoms with Gasteiger partial charge in [-0.25, -0.2) is 8.78 Å². The van der Waals surface area contributed by atoms with Gasteiger partial charge in [-0.1, -0.05) is 0 Å². The van der Waals surface area contributed by atoms with Gasteiger partial charge in [0.05, 0.1) is 12.0 Å². The van der Waals surface area contributed by atoms with E-state index in [4.69, 9.17) is 10.5 Å². The predicted octanol–water partition coefficient (Wildman–Crippen LogP) is 1.96. The summed E-state index contributed by atoms with van der Waals surface area (Å²) in [6, 6.07) is 1.10. The highest BCUT2D eigenvalue weighted by Gasteiger charge is 2.23. The van der Waals surface area contributed by atoms with E-state index in [2.05, 4.69) is 0 Å². The second kappa shape index (κ2) is 5.58. The minimum absolute atomic E-state index is 0.108. The molecule has 1 rings (SSSR count). The summed E-state index contributed by atoms with van der Waals surface area (Å²) in [7, 11) is 1.20. The first-order valence-electron chi connectivity index (χ1n) is 4.95. The molecule has 0 aromatic heterocycles. The van der Waals surface area contributed by atoms with E-state index in [0.29, 0.717) is 0 Å². The summed E-state index contributed by atoms with van der Waals surface area (Å²) in [5.74, 6) is -0.834. The summed E-state index contributed by atoms with van der Waals surface area (Å²) >= 11 is 0. The molecular formula is C10H12F2N2O4. The maximum absolute atomic E-state index is 12.2. The fourth-order valence-corrected chi connectivity index (χ4v) is 1.45. The van der Waals surface area contributed by atoms with E-state index in [9.17, 15) is 24.0 Å². The van der Waals surface area contributed by atoms with Crippen LogP contribution in [0.3, 0.4) is 0 Å². The average Bonchev–Trinajstić information content (AvgIpc) is 2.27. The van der Waals surface area contributed by atoms with Gasteiger partial charge in [-0.2, -0.15) is 0 Å². The maximum atomic E-state index is 12.2. The van der Waals surface area contributed by atoms with Gasteiger partial charge in [0.15, 0.2) is 5.75 Å². The molecule has 0 spiro atoms. The van der Waals surface area contributed by atoms with Crippen LogP contribution in [0.25, 0.3) is 0 Å². The lowest BCUT2D eigenvalue weighted by Gasteiger charge is -2.13. The van der Waals surface area contributed by atoms with Crippen molar-refractivity contribution < 1.29 is 23.5 Å². The second-order valence-corrected chi connectivity index (χ2v) is 3.58. The third-order valence-electron chi connectivity index (χ3n) is 2.35. The number of hydrogen-bond acceptors (Lipinski definition) is 5. The van der Waals surface area contributed by atoms with E-state index in [1.807, 2.05) is 0 Å². The first kappa shape index (κ1) is 14.1. The molecule has 3 N–H and O–H groups in total. The van der Waals surface area contributed by atoms with E-state index < -0.39 is 35.2 Å². The second-order valence-electron chi connectivity index (χ2n) is 3.58. The molecule has 0 unspecified atom stereocenters. The number of rotatable bonds is 5. The first-order valence-corrected chi connectivity index (χ1v) is 4.95. The topological polar surface area (TPSA) is 98.6 Å². The van der Waals surface area contributed by atoms with Crippen molar-refractivity contribution in [2.75, 3.05) is 7.11 Å². The lowest BCUT2D eigenvalue weighted by molar-refractivity contribution is -0.386. The predicted molar refractivity (Wildman–Crippen MR) is 58.9 cm³/mol. The molecule has 18 heavy (non-hydrogen) atoms. The van der Waals surface area contributed by atoms with Crippen LogP contribution in [0.1, 0.15) is 18.0 Å². The SMILES string of the molecule is COc1cc([C@@H](N)CC(F)F)cc([N+](=O)[O-])c1O. The lowest BCUT2D eigenvalue weighted by Crippen LogP contribution is -2.14. The fraction of sp³-hybridized carbons (Fsp3) is 0.400. The number of nitro groups is 1. The van der Waals surface area contributed by atoms with Gasteiger partial charge in [-0.05, 0) is 11.6 Å². The Morgan fingerprint density at radius 3 is 2.61 bits per heavy atom. The number of alkyl halides is 2. The summed E-state index contributed by atoms with van der Waals surface area (Å²) in [5, 5.41) is 20.2. The molecule has 1 atom stereocenters. The standard InChI is InChI=1S/C10H12F2N2O4/c1-18-8-3-5(6(13)4-9(11)12)2-7(10(8)15)14(16)17/h2-3,6,9,15H,4,13H2,1H3/t6-/m0/s1. The molecule has 1 aromatic rings. The molecule has 0 aliphatic rings. The zero-order valence-corrected chi connectivity index (χ0v) is 9.47. The molecule has 0 amide bonds. The van der Waals surface area contributed by atoms with E-state index >= 15 is 0 Å². The van der Waals surface area contributed by atoms with Gasteiger partial charge in [0.2, 0.25) is 12.2 Å². The van der Waals surface area contributed by atoms with Crippen molar-refractivity contribution >= 4 is 5.69 Å². The van der Waals surface area contributed by atoms with Gasteiger partial charge in [0.25, 0.3) is 0 Å². The van der Waals surface area contributed by atoms with E-state index in [1.165, 1.54) is 13.2 Å². The largest absolute Gasteiger partial charge is 0.500 e. The van der Waals surface area contributed by atoms with Crippen molar-refractivity contribution in [1.82, 2.24) is 0 Å². The van der Waals surface area contributed by atoms with E-state index in [1.54, 1.807) is 0 Å². The number of aromatic hydroxyl groups is 1. The van der Waals surface area contributed by atoms with Gasteiger partial charge in [-0.15, -0.1) is 0 Å². The minimum Gasteiger partial charge on any atom is -0.500 e. The van der Waals surface area contributed by atoms with Crippen molar-refractivity contribution in [3.8, 4) is 11.5 Å². The molecule has 100 valence electrons. The van der Waals surface area contributed by atoms with Crippen molar-refractivity contribution in [2.24, 2.45) is 5.73 Å². The van der Waals surface area contributed by atoms with Gasteiger partial charge in [-0.3, -0.25) is 10.1 Å². The molecule has 6 nitrogen and oxygen atoms in total. The van der Waals surface area contributed by atoms with E-state index in [0.717, 1.165) is 6.07 Å². The number of ether oxygens (including phenoxy) is 1. The van der Waals surface area contributed by atoms with Crippen molar-refractivity contribution in [2.45, 2.75) is 18.9 Å². The van der Waals surface area contributed by atoms with Crippen LogP contribution in [0.5, 0.6) is 11.5 Å². The van der Waals surface area contributed by atoms with Crippen LogP contribution in [0.2, 0.25) is 0 Å². The molecule has 1 aromatic carbocycles. The molecule has 0 aliphatic carbocycles. The van der Waals surface area contributed by atoms with Crippen LogP contribution in [-0.4, -0.2) is 23.6 Å². The third kappa shape index (κ3) is 3.04. The molecule has 8 heteroatoms. The molecule has 0 saturated heterocycles. The van der Waals surface area contributed by atoms with Crippen LogP contribution >= 0.6 is 0 Å². The number of methoxy groups -OCH3 is 1. The van der Waals surface area contributed by atoms with Gasteiger partial charge >= 0.3 is 5.69 Å². The first-order chi connectivity index (χ1) is 8.36. The molecule has 0 heterocycles. The Hall–Kier alpha value is -1.96. The highest BCUT2D eigenvalue weighted by Crippen LogP contribution is 2.38. The number of phenols is 1. The number of hydrogen-bond donors (Lipinski definition) is 2. The number of benzene rings is 1. The summed E-state index contributed by atoms with van der Waals surface area (Å²) in [6.07, 6.45) is -3.26. The zero-order valence-electron chi connectivity index (χ0n) is 9.47. The lowest BCUT2D eigenvalue weighted by atomic mass is 10.0. The monoisotopic (exact) mass is 262 g/mol. The Morgan fingerprint density at radius 2 is 2.17 bits per heavy atom. The van der Waals surface area contributed by atoms with Gasteiger partial charge in [0, 0.05) is 18.5 Å². The fourth-order valence-electron chi connectivity index (χ4n) is 1.45. The molecule has 0 aliphatic heterocycles. The quantitative estimate of drug-likeness (QED) is 0.624. The van der Waals surface area contributed by atoms with Crippen LogP contribution in [0, 0.1) is 10.1 Å². The molecule has 0 saturated carbocycles. The highest BCUT2D eigenvalue weighted by molar-refractivity contribution is 5.57. The number of nitrogens with two attached hydrogens (primary N) is 1. The van der Waals surface area contributed by atoms with Crippen LogP contribution in [-0.2, 0) is 0 Å². The third-order valence-corrected chi connectivity index (χ3v) is 2.35. The smallest absolute Gasteiger partial charge is 0.314 e. The highest BCUT2D eigenvalue weighted by atomic mass is 19.3. The number of nitrogens with zero attached hydrogens (tertiary/aromatic N) is 1. The van der Waals surface area contributed by atoms with Crippen LogP contribution in [0.4, 0.5) is 14.5 Å². The Morgan fingerprint density at radius 1 is 1.56 bits per heavy atom.